The van der Waals surface area contributed by atoms with E-state index in [0.717, 1.165) is 12.2 Å². The predicted molar refractivity (Wildman–Crippen MR) is 88.9 cm³/mol. The van der Waals surface area contributed by atoms with Crippen LogP contribution in [-0.2, 0) is 6.54 Å². The molecule has 3 heteroatoms. The number of hydrogen-bond donors (Lipinski definition) is 1. The molecule has 20 heavy (non-hydrogen) atoms. The van der Waals surface area contributed by atoms with E-state index in [1.807, 2.05) is 0 Å². The highest BCUT2D eigenvalue weighted by atomic mass is 15.1. The molecule has 0 amide bonds. The minimum absolute atomic E-state index is 0.832. The summed E-state index contributed by atoms with van der Waals surface area (Å²) in [5, 5.41) is 3.50. The molecule has 0 aliphatic rings. The highest BCUT2D eigenvalue weighted by molar-refractivity contribution is 5.69. The van der Waals surface area contributed by atoms with Crippen molar-refractivity contribution in [2.75, 3.05) is 43.3 Å². The maximum absolute atomic E-state index is 3.50. The van der Waals surface area contributed by atoms with Crippen LogP contribution in [0.5, 0.6) is 0 Å². The molecule has 1 N–H and O–H groups in total. The second-order valence-electron chi connectivity index (χ2n) is 5.33. The van der Waals surface area contributed by atoms with E-state index in [1.54, 1.807) is 0 Å². The second-order valence-corrected chi connectivity index (χ2v) is 5.33. The zero-order valence-corrected chi connectivity index (χ0v) is 12.7. The number of rotatable bonds is 5. The molecule has 0 bridgehead atoms. The van der Waals surface area contributed by atoms with Crippen molar-refractivity contribution in [3.8, 4) is 0 Å². The first-order valence-corrected chi connectivity index (χ1v) is 6.84. The van der Waals surface area contributed by atoms with Crippen molar-refractivity contribution in [3.63, 3.8) is 0 Å². The van der Waals surface area contributed by atoms with E-state index in [-0.39, 0.29) is 0 Å². The Morgan fingerprint density at radius 1 is 0.800 bits per heavy atom. The zero-order valence-electron chi connectivity index (χ0n) is 12.7. The van der Waals surface area contributed by atoms with Crippen LogP contribution >= 0.6 is 0 Å². The fraction of sp³-hybridized carbons (Fsp3) is 0.294. The third-order valence-electron chi connectivity index (χ3n) is 3.32. The van der Waals surface area contributed by atoms with E-state index in [2.05, 4.69) is 91.8 Å². The molecule has 0 fully saturated rings. The van der Waals surface area contributed by atoms with Gasteiger partial charge in [-0.1, -0.05) is 24.3 Å². The lowest BCUT2D eigenvalue weighted by atomic mass is 10.2. The number of para-hydroxylation sites is 2. The Hall–Kier alpha value is -2.16. The molecule has 0 atom stereocenters. The van der Waals surface area contributed by atoms with Gasteiger partial charge in [-0.15, -0.1) is 0 Å². The molecule has 2 aromatic rings. The van der Waals surface area contributed by atoms with Crippen LogP contribution in [0.3, 0.4) is 0 Å². The first-order valence-electron chi connectivity index (χ1n) is 6.84. The van der Waals surface area contributed by atoms with Crippen molar-refractivity contribution in [3.05, 3.63) is 54.1 Å². The highest BCUT2D eigenvalue weighted by Gasteiger charge is 2.03. The summed E-state index contributed by atoms with van der Waals surface area (Å²) in [6, 6.07) is 17.0. The van der Waals surface area contributed by atoms with Gasteiger partial charge in [-0.2, -0.15) is 0 Å². The van der Waals surface area contributed by atoms with Gasteiger partial charge in [0.25, 0.3) is 0 Å². The van der Waals surface area contributed by atoms with Gasteiger partial charge in [0.05, 0.1) is 11.4 Å². The van der Waals surface area contributed by atoms with Crippen molar-refractivity contribution in [1.82, 2.24) is 0 Å². The van der Waals surface area contributed by atoms with Crippen LogP contribution in [0.2, 0.25) is 0 Å². The molecule has 0 aliphatic carbocycles. The van der Waals surface area contributed by atoms with Crippen molar-refractivity contribution in [2.24, 2.45) is 0 Å². The highest BCUT2D eigenvalue weighted by Crippen LogP contribution is 2.24. The van der Waals surface area contributed by atoms with Crippen LogP contribution in [0.1, 0.15) is 5.56 Å². The van der Waals surface area contributed by atoms with E-state index in [0.29, 0.717) is 0 Å². The quantitative estimate of drug-likeness (QED) is 0.897. The lowest BCUT2D eigenvalue weighted by molar-refractivity contribution is 1.09. The van der Waals surface area contributed by atoms with Crippen LogP contribution in [-0.4, -0.2) is 28.2 Å². The van der Waals surface area contributed by atoms with Gasteiger partial charge in [0.15, 0.2) is 0 Å². The molecule has 2 aromatic carbocycles. The van der Waals surface area contributed by atoms with E-state index < -0.39 is 0 Å². The Bertz CT molecular complexity index is 544. The van der Waals surface area contributed by atoms with Crippen molar-refractivity contribution in [1.29, 1.82) is 0 Å². The summed E-state index contributed by atoms with van der Waals surface area (Å²) in [7, 11) is 8.24. The predicted octanol–water partition coefficient (Wildman–Crippen LogP) is 3.43. The van der Waals surface area contributed by atoms with Crippen molar-refractivity contribution >= 4 is 17.1 Å². The summed E-state index contributed by atoms with van der Waals surface area (Å²) in [5.74, 6) is 0. The third-order valence-corrected chi connectivity index (χ3v) is 3.32. The summed E-state index contributed by atoms with van der Waals surface area (Å²) in [4.78, 5) is 4.23. The Morgan fingerprint density at radius 2 is 1.45 bits per heavy atom. The fourth-order valence-corrected chi connectivity index (χ4v) is 2.12. The number of hydrogen-bond acceptors (Lipinski definition) is 3. The topological polar surface area (TPSA) is 18.5 Å². The van der Waals surface area contributed by atoms with Gasteiger partial charge in [-0.25, -0.2) is 0 Å². The maximum Gasteiger partial charge on any atom is 0.0596 e. The number of benzene rings is 2. The number of nitrogens with one attached hydrogen (secondary N) is 1. The Labute approximate surface area is 121 Å². The van der Waals surface area contributed by atoms with Crippen LogP contribution in [0.25, 0.3) is 0 Å². The molecule has 0 spiro atoms. The van der Waals surface area contributed by atoms with E-state index in [4.69, 9.17) is 0 Å². The Morgan fingerprint density at radius 3 is 2.05 bits per heavy atom. The van der Waals surface area contributed by atoms with Crippen LogP contribution in [0.4, 0.5) is 17.1 Å². The SMILES string of the molecule is CN(C)c1ccc(CNc2ccccc2N(C)C)cc1. The second kappa shape index (κ2) is 6.33. The average Bonchev–Trinajstić information content (AvgIpc) is 2.45. The molecular weight excluding hydrogens is 246 g/mol. The van der Waals surface area contributed by atoms with Gasteiger partial charge < -0.3 is 15.1 Å². The summed E-state index contributed by atoms with van der Waals surface area (Å²) in [6.07, 6.45) is 0. The lowest BCUT2D eigenvalue weighted by Gasteiger charge is -2.18. The minimum Gasteiger partial charge on any atom is -0.379 e. The van der Waals surface area contributed by atoms with Gasteiger partial charge in [-0.05, 0) is 29.8 Å². The zero-order chi connectivity index (χ0) is 14.5. The molecule has 106 valence electrons. The third kappa shape index (κ3) is 3.44. The van der Waals surface area contributed by atoms with Gasteiger partial charge in [0.2, 0.25) is 0 Å². The fourth-order valence-electron chi connectivity index (χ4n) is 2.12. The van der Waals surface area contributed by atoms with E-state index >= 15 is 0 Å². The van der Waals surface area contributed by atoms with Crippen LogP contribution in [0.15, 0.2) is 48.5 Å². The van der Waals surface area contributed by atoms with Crippen LogP contribution in [0, 0.1) is 0 Å². The molecule has 0 aromatic heterocycles. The first-order chi connectivity index (χ1) is 9.58. The monoisotopic (exact) mass is 269 g/mol. The lowest BCUT2D eigenvalue weighted by Crippen LogP contribution is -2.12. The molecule has 0 radical (unpaired) electrons. The van der Waals surface area contributed by atoms with Gasteiger partial charge in [0, 0.05) is 40.4 Å². The number of anilines is 3. The average molecular weight is 269 g/mol. The molecule has 0 unspecified atom stereocenters. The Balaban J connectivity index is 2.05. The Kier molecular flexibility index (Phi) is 4.51. The standard InChI is InChI=1S/C17H23N3/c1-19(2)15-11-9-14(10-12-15)13-18-16-7-5-6-8-17(16)20(3)4/h5-12,18H,13H2,1-4H3. The molecule has 3 nitrogen and oxygen atoms in total. The molecule has 0 saturated heterocycles. The largest absolute Gasteiger partial charge is 0.379 e. The summed E-state index contributed by atoms with van der Waals surface area (Å²) < 4.78 is 0. The smallest absolute Gasteiger partial charge is 0.0596 e. The molecular formula is C17H23N3. The minimum atomic E-state index is 0.832. The summed E-state index contributed by atoms with van der Waals surface area (Å²) in [6.45, 7) is 0.832. The molecule has 0 saturated carbocycles. The van der Waals surface area contributed by atoms with Gasteiger partial charge >= 0.3 is 0 Å². The number of nitrogens with zero attached hydrogens (tertiary/aromatic N) is 2. The van der Waals surface area contributed by atoms with E-state index in [1.165, 1.54) is 16.9 Å². The van der Waals surface area contributed by atoms with Gasteiger partial charge in [-0.3, -0.25) is 0 Å². The summed E-state index contributed by atoms with van der Waals surface area (Å²) >= 11 is 0. The van der Waals surface area contributed by atoms with E-state index in [9.17, 15) is 0 Å². The van der Waals surface area contributed by atoms with Crippen molar-refractivity contribution < 1.29 is 0 Å². The van der Waals surface area contributed by atoms with Crippen molar-refractivity contribution in [2.45, 2.75) is 6.54 Å². The normalized spacial score (nSPS) is 10.2. The summed E-state index contributed by atoms with van der Waals surface area (Å²) in [5.41, 5.74) is 4.87. The molecule has 0 heterocycles. The van der Waals surface area contributed by atoms with Crippen LogP contribution < -0.4 is 15.1 Å². The first kappa shape index (κ1) is 14.3. The molecule has 0 aliphatic heterocycles. The molecule has 2 rings (SSSR count). The maximum atomic E-state index is 3.50. The van der Waals surface area contributed by atoms with Gasteiger partial charge in [0.1, 0.15) is 0 Å².